The Bertz CT molecular complexity index is 337. The molecule has 0 heterocycles. The Kier molecular flexibility index (Phi) is 5.26. The molecule has 0 radical (unpaired) electrons. The lowest BCUT2D eigenvalue weighted by atomic mass is 10.2. The predicted molar refractivity (Wildman–Crippen MR) is 80.0 cm³/mol. The molecule has 0 bridgehead atoms. The zero-order chi connectivity index (χ0) is 12.1. The van der Waals surface area contributed by atoms with Crippen LogP contribution in [0.2, 0.25) is 0 Å². The highest BCUT2D eigenvalue weighted by molar-refractivity contribution is 7.99. The fourth-order valence-corrected chi connectivity index (χ4v) is 3.81. The molecule has 1 saturated carbocycles. The molecule has 0 aromatic heterocycles. The van der Waals surface area contributed by atoms with E-state index in [4.69, 9.17) is 0 Å². The number of hydrogen-bond acceptors (Lipinski definition) is 3. The summed E-state index contributed by atoms with van der Waals surface area (Å²) in [6, 6.07) is 9.61. The minimum Gasteiger partial charge on any atom is -0.309 e. The highest BCUT2D eigenvalue weighted by atomic mass is 32.2. The summed E-state index contributed by atoms with van der Waals surface area (Å²) in [7, 11) is 0. The first-order chi connectivity index (χ1) is 8.33. The second-order valence-electron chi connectivity index (χ2n) is 4.54. The minimum absolute atomic E-state index is 0.713. The number of rotatable bonds is 5. The van der Waals surface area contributed by atoms with Crippen LogP contribution in [-0.4, -0.2) is 23.8 Å². The molecule has 17 heavy (non-hydrogen) atoms. The molecule has 1 nitrogen and oxygen atoms in total. The molecule has 94 valence electrons. The van der Waals surface area contributed by atoms with E-state index in [9.17, 15) is 0 Å². The molecular weight excluding hydrogens is 246 g/mol. The summed E-state index contributed by atoms with van der Waals surface area (Å²) >= 11 is 3.82. The van der Waals surface area contributed by atoms with Gasteiger partial charge in [0.25, 0.3) is 0 Å². The van der Waals surface area contributed by atoms with Gasteiger partial charge in [0.1, 0.15) is 0 Å². The lowest BCUT2D eigenvalue weighted by Crippen LogP contribution is -2.33. The summed E-state index contributed by atoms with van der Waals surface area (Å²) in [5.41, 5.74) is 1.40. The Morgan fingerprint density at radius 2 is 1.94 bits per heavy atom. The first kappa shape index (κ1) is 13.3. The van der Waals surface area contributed by atoms with Crippen LogP contribution in [0.5, 0.6) is 0 Å². The van der Waals surface area contributed by atoms with Crippen molar-refractivity contribution in [2.75, 3.05) is 12.5 Å². The molecule has 0 saturated heterocycles. The summed E-state index contributed by atoms with van der Waals surface area (Å²) in [6.45, 7) is 1.01. The molecule has 0 amide bonds. The van der Waals surface area contributed by atoms with Crippen molar-refractivity contribution in [2.24, 2.45) is 0 Å². The monoisotopic (exact) mass is 267 g/mol. The third-order valence-electron chi connectivity index (χ3n) is 3.48. The summed E-state index contributed by atoms with van der Waals surface area (Å²) in [5.74, 6) is 0. The van der Waals surface area contributed by atoms with Crippen molar-refractivity contribution in [3.63, 3.8) is 0 Å². The molecule has 1 aliphatic rings. The Balaban J connectivity index is 1.84. The van der Waals surface area contributed by atoms with E-state index in [2.05, 4.69) is 42.1 Å². The molecule has 0 spiro atoms. The molecular formula is C14H21NS2. The molecule has 1 aromatic rings. The van der Waals surface area contributed by atoms with Crippen molar-refractivity contribution in [1.82, 2.24) is 5.32 Å². The van der Waals surface area contributed by atoms with E-state index < -0.39 is 0 Å². The summed E-state index contributed by atoms with van der Waals surface area (Å²) in [5, 5.41) is 4.53. The van der Waals surface area contributed by atoms with E-state index >= 15 is 0 Å². The first-order valence-electron chi connectivity index (χ1n) is 6.22. The van der Waals surface area contributed by atoms with Gasteiger partial charge >= 0.3 is 0 Å². The normalized spacial score (nSPS) is 24.1. The summed E-state index contributed by atoms with van der Waals surface area (Å²) in [6.07, 6.45) is 8.46. The Labute approximate surface area is 113 Å². The van der Waals surface area contributed by atoms with E-state index in [1.807, 2.05) is 11.8 Å². The smallest absolute Gasteiger partial charge is 0.0208 e. The van der Waals surface area contributed by atoms with Crippen molar-refractivity contribution in [3.05, 3.63) is 29.8 Å². The average Bonchev–Trinajstić information content (AvgIpc) is 2.84. The highest BCUT2D eigenvalue weighted by Crippen LogP contribution is 2.28. The van der Waals surface area contributed by atoms with Gasteiger partial charge in [-0.15, -0.1) is 11.8 Å². The average molecular weight is 267 g/mol. The number of benzene rings is 1. The standard InChI is InChI=1S/C14H21NS2/c1-16-12-8-6-11(7-9-12)10-15-13-4-3-5-14(13)17-2/h6-9,13-15H,3-5,10H2,1-2H3. The number of thioether (sulfide) groups is 2. The lowest BCUT2D eigenvalue weighted by molar-refractivity contribution is 0.532. The van der Waals surface area contributed by atoms with E-state index in [0.717, 1.165) is 11.8 Å². The Morgan fingerprint density at radius 1 is 1.18 bits per heavy atom. The second-order valence-corrected chi connectivity index (χ2v) is 6.50. The molecule has 3 heteroatoms. The van der Waals surface area contributed by atoms with Crippen molar-refractivity contribution in [3.8, 4) is 0 Å². The van der Waals surface area contributed by atoms with Gasteiger partial charge < -0.3 is 5.32 Å². The van der Waals surface area contributed by atoms with Gasteiger partial charge in [-0.05, 0) is 43.0 Å². The number of hydrogen-bond donors (Lipinski definition) is 1. The molecule has 1 fully saturated rings. The predicted octanol–water partition coefficient (Wildman–Crippen LogP) is 3.78. The van der Waals surface area contributed by atoms with Crippen LogP contribution in [0.1, 0.15) is 24.8 Å². The fraction of sp³-hybridized carbons (Fsp3) is 0.571. The Hall–Kier alpha value is -0.120. The molecule has 2 atom stereocenters. The maximum Gasteiger partial charge on any atom is 0.0208 e. The maximum absolute atomic E-state index is 3.71. The van der Waals surface area contributed by atoms with Crippen LogP contribution < -0.4 is 5.32 Å². The van der Waals surface area contributed by atoms with Gasteiger partial charge in [-0.2, -0.15) is 11.8 Å². The second kappa shape index (κ2) is 6.72. The maximum atomic E-state index is 3.71. The van der Waals surface area contributed by atoms with Crippen LogP contribution in [0.4, 0.5) is 0 Å². The van der Waals surface area contributed by atoms with E-state index in [1.165, 1.54) is 29.7 Å². The zero-order valence-electron chi connectivity index (χ0n) is 10.6. The molecule has 1 N–H and O–H groups in total. The van der Waals surface area contributed by atoms with Crippen LogP contribution in [0.15, 0.2) is 29.2 Å². The van der Waals surface area contributed by atoms with Gasteiger partial charge in [0.15, 0.2) is 0 Å². The largest absolute Gasteiger partial charge is 0.309 e. The molecule has 2 unspecified atom stereocenters. The summed E-state index contributed by atoms with van der Waals surface area (Å²) < 4.78 is 0. The molecule has 1 aliphatic carbocycles. The minimum atomic E-state index is 0.713. The zero-order valence-corrected chi connectivity index (χ0v) is 12.2. The van der Waals surface area contributed by atoms with E-state index in [-0.39, 0.29) is 0 Å². The topological polar surface area (TPSA) is 12.0 Å². The SMILES string of the molecule is CSc1ccc(CNC2CCCC2SC)cc1. The van der Waals surface area contributed by atoms with Crippen LogP contribution in [0.25, 0.3) is 0 Å². The van der Waals surface area contributed by atoms with Crippen molar-refractivity contribution >= 4 is 23.5 Å². The third kappa shape index (κ3) is 3.67. The van der Waals surface area contributed by atoms with Gasteiger partial charge in [-0.1, -0.05) is 18.6 Å². The molecule has 2 rings (SSSR count). The summed E-state index contributed by atoms with van der Waals surface area (Å²) in [4.78, 5) is 1.34. The van der Waals surface area contributed by atoms with Gasteiger partial charge in [0.05, 0.1) is 0 Å². The first-order valence-corrected chi connectivity index (χ1v) is 8.74. The van der Waals surface area contributed by atoms with Crippen LogP contribution >= 0.6 is 23.5 Å². The van der Waals surface area contributed by atoms with Gasteiger partial charge in [0.2, 0.25) is 0 Å². The van der Waals surface area contributed by atoms with Crippen LogP contribution in [0.3, 0.4) is 0 Å². The van der Waals surface area contributed by atoms with Gasteiger partial charge in [-0.25, -0.2) is 0 Å². The molecule has 0 aliphatic heterocycles. The fourth-order valence-electron chi connectivity index (χ4n) is 2.43. The van der Waals surface area contributed by atoms with Gasteiger partial charge in [0, 0.05) is 22.7 Å². The van der Waals surface area contributed by atoms with Crippen molar-refractivity contribution < 1.29 is 0 Å². The molecule has 1 aromatic carbocycles. The van der Waals surface area contributed by atoms with E-state index in [0.29, 0.717) is 6.04 Å². The lowest BCUT2D eigenvalue weighted by Gasteiger charge is -2.19. The quantitative estimate of drug-likeness (QED) is 0.815. The van der Waals surface area contributed by atoms with Gasteiger partial charge in [-0.3, -0.25) is 0 Å². The van der Waals surface area contributed by atoms with Crippen LogP contribution in [0, 0.1) is 0 Å². The Morgan fingerprint density at radius 3 is 2.59 bits per heavy atom. The third-order valence-corrected chi connectivity index (χ3v) is 5.40. The van der Waals surface area contributed by atoms with Crippen LogP contribution in [-0.2, 0) is 6.54 Å². The van der Waals surface area contributed by atoms with Crippen molar-refractivity contribution in [1.29, 1.82) is 0 Å². The van der Waals surface area contributed by atoms with Crippen molar-refractivity contribution in [2.45, 2.75) is 42.0 Å². The van der Waals surface area contributed by atoms with E-state index in [1.54, 1.807) is 11.8 Å². The number of nitrogens with one attached hydrogen (secondary N) is 1. The highest BCUT2D eigenvalue weighted by Gasteiger charge is 2.25.